The number of para-hydroxylation sites is 2. The first-order valence-electron chi connectivity index (χ1n) is 6.53. The lowest BCUT2D eigenvalue weighted by Crippen LogP contribution is -2.29. The lowest BCUT2D eigenvalue weighted by molar-refractivity contribution is -0.000420. The highest BCUT2D eigenvalue weighted by molar-refractivity contribution is 5.39. The summed E-state index contributed by atoms with van der Waals surface area (Å²) < 4.78 is 10.8. The Kier molecular flexibility index (Phi) is 5.03. The molecule has 0 fully saturated rings. The van der Waals surface area contributed by atoms with Crippen molar-refractivity contribution in [3.63, 3.8) is 0 Å². The second kappa shape index (κ2) is 6.97. The van der Waals surface area contributed by atoms with Gasteiger partial charge in [0, 0.05) is 0 Å². The van der Waals surface area contributed by atoms with Gasteiger partial charge in [-0.2, -0.15) is 0 Å². The molecule has 0 saturated carbocycles. The van der Waals surface area contributed by atoms with Crippen LogP contribution in [-0.2, 0) is 0 Å². The van der Waals surface area contributed by atoms with Crippen molar-refractivity contribution < 1.29 is 24.8 Å². The zero-order chi connectivity index (χ0) is 15.2. The number of ether oxygens (including phenoxy) is 2. The monoisotopic (exact) mass is 290 g/mol. The number of phenolic OH excluding ortho intramolecular Hbond substituents is 1. The molecule has 2 aromatic carbocycles. The van der Waals surface area contributed by atoms with Gasteiger partial charge in [-0.25, -0.2) is 0 Å². The van der Waals surface area contributed by atoms with Crippen LogP contribution in [-0.4, -0.2) is 35.1 Å². The molecule has 112 valence electrons. The van der Waals surface area contributed by atoms with Gasteiger partial charge in [0.25, 0.3) is 0 Å². The number of aliphatic hydroxyl groups excluding tert-OH is 2. The Balaban J connectivity index is 2.17. The predicted molar refractivity (Wildman–Crippen MR) is 77.6 cm³/mol. The van der Waals surface area contributed by atoms with Crippen LogP contribution in [0.15, 0.2) is 48.5 Å². The maximum absolute atomic E-state index is 10.3. The number of benzene rings is 2. The van der Waals surface area contributed by atoms with Gasteiger partial charge >= 0.3 is 0 Å². The summed E-state index contributed by atoms with van der Waals surface area (Å²) in [7, 11) is 1.52. The number of methoxy groups -OCH3 is 1. The van der Waals surface area contributed by atoms with Gasteiger partial charge in [-0.1, -0.05) is 24.3 Å². The van der Waals surface area contributed by atoms with E-state index in [0.717, 1.165) is 0 Å². The first kappa shape index (κ1) is 15.2. The van der Waals surface area contributed by atoms with Crippen molar-refractivity contribution in [2.24, 2.45) is 0 Å². The zero-order valence-corrected chi connectivity index (χ0v) is 11.6. The maximum atomic E-state index is 10.3. The van der Waals surface area contributed by atoms with Gasteiger partial charge in [-0.3, -0.25) is 0 Å². The van der Waals surface area contributed by atoms with E-state index in [1.807, 2.05) is 0 Å². The molecular weight excluding hydrogens is 272 g/mol. The molecular formula is C16H18O5. The standard InChI is InChI=1S/C16H18O5/c1-20-13-4-2-3-5-14(13)21-15(10-17)16(19)11-6-8-12(18)9-7-11/h2-9,15-19H,10H2,1H3/t15-,16+/m0/s1. The van der Waals surface area contributed by atoms with E-state index in [4.69, 9.17) is 9.47 Å². The minimum Gasteiger partial charge on any atom is -0.508 e. The summed E-state index contributed by atoms with van der Waals surface area (Å²) in [4.78, 5) is 0. The fourth-order valence-corrected chi connectivity index (χ4v) is 1.97. The Morgan fingerprint density at radius 2 is 1.62 bits per heavy atom. The molecule has 2 rings (SSSR count). The molecule has 0 aromatic heterocycles. The number of aromatic hydroxyl groups is 1. The second-order valence-electron chi connectivity index (χ2n) is 4.53. The van der Waals surface area contributed by atoms with Gasteiger partial charge in [-0.05, 0) is 29.8 Å². The normalized spacial score (nSPS) is 13.5. The summed E-state index contributed by atoms with van der Waals surface area (Å²) >= 11 is 0. The summed E-state index contributed by atoms with van der Waals surface area (Å²) in [5.74, 6) is 1.07. The average Bonchev–Trinajstić information content (AvgIpc) is 2.53. The van der Waals surface area contributed by atoms with Crippen LogP contribution in [0.2, 0.25) is 0 Å². The minimum absolute atomic E-state index is 0.108. The third kappa shape index (κ3) is 3.65. The van der Waals surface area contributed by atoms with Crippen LogP contribution in [0.4, 0.5) is 0 Å². The van der Waals surface area contributed by atoms with E-state index >= 15 is 0 Å². The summed E-state index contributed by atoms with van der Waals surface area (Å²) in [5, 5.41) is 29.0. The molecule has 0 saturated heterocycles. The number of rotatable bonds is 6. The number of hydrogen-bond acceptors (Lipinski definition) is 5. The minimum atomic E-state index is -1.03. The molecule has 0 aliphatic heterocycles. The van der Waals surface area contributed by atoms with Crippen LogP contribution in [0.3, 0.4) is 0 Å². The molecule has 0 bridgehead atoms. The van der Waals surface area contributed by atoms with E-state index in [-0.39, 0.29) is 12.4 Å². The first-order chi connectivity index (χ1) is 10.2. The van der Waals surface area contributed by atoms with Gasteiger partial charge < -0.3 is 24.8 Å². The lowest BCUT2D eigenvalue weighted by atomic mass is 10.0. The van der Waals surface area contributed by atoms with Crippen molar-refractivity contribution in [3.05, 3.63) is 54.1 Å². The Hall–Kier alpha value is -2.24. The highest BCUT2D eigenvalue weighted by atomic mass is 16.5. The van der Waals surface area contributed by atoms with Crippen LogP contribution in [0.25, 0.3) is 0 Å². The van der Waals surface area contributed by atoms with E-state index in [1.165, 1.54) is 19.2 Å². The van der Waals surface area contributed by atoms with Crippen molar-refractivity contribution in [1.29, 1.82) is 0 Å². The zero-order valence-electron chi connectivity index (χ0n) is 11.6. The molecule has 5 heteroatoms. The molecule has 2 atom stereocenters. The Morgan fingerprint density at radius 3 is 2.19 bits per heavy atom. The van der Waals surface area contributed by atoms with Crippen LogP contribution in [0.1, 0.15) is 11.7 Å². The summed E-state index contributed by atoms with van der Waals surface area (Å²) in [5.41, 5.74) is 0.543. The molecule has 0 amide bonds. The highest BCUT2D eigenvalue weighted by Crippen LogP contribution is 2.30. The molecule has 5 nitrogen and oxygen atoms in total. The molecule has 0 aliphatic carbocycles. The van der Waals surface area contributed by atoms with Crippen molar-refractivity contribution >= 4 is 0 Å². The van der Waals surface area contributed by atoms with Crippen molar-refractivity contribution in [2.75, 3.05) is 13.7 Å². The largest absolute Gasteiger partial charge is 0.508 e. The molecule has 0 heterocycles. The maximum Gasteiger partial charge on any atom is 0.161 e. The number of hydrogen-bond donors (Lipinski definition) is 3. The lowest BCUT2D eigenvalue weighted by Gasteiger charge is -2.23. The van der Waals surface area contributed by atoms with E-state index in [0.29, 0.717) is 17.1 Å². The van der Waals surface area contributed by atoms with Gasteiger partial charge in [0.05, 0.1) is 13.7 Å². The van der Waals surface area contributed by atoms with Crippen LogP contribution < -0.4 is 9.47 Å². The topological polar surface area (TPSA) is 79.2 Å². The van der Waals surface area contributed by atoms with Gasteiger partial charge in [0.15, 0.2) is 17.6 Å². The molecule has 0 radical (unpaired) electrons. The van der Waals surface area contributed by atoms with E-state index in [2.05, 4.69) is 0 Å². The highest BCUT2D eigenvalue weighted by Gasteiger charge is 2.23. The molecule has 0 aliphatic rings. The SMILES string of the molecule is COc1ccccc1O[C@@H](CO)[C@H](O)c1ccc(O)cc1. The molecule has 0 unspecified atom stereocenters. The third-order valence-corrected chi connectivity index (χ3v) is 3.11. The number of phenols is 1. The Labute approximate surface area is 123 Å². The predicted octanol–water partition coefficient (Wildman–Crippen LogP) is 1.87. The van der Waals surface area contributed by atoms with Gasteiger partial charge in [-0.15, -0.1) is 0 Å². The number of aliphatic hydroxyl groups is 2. The van der Waals surface area contributed by atoms with Crippen molar-refractivity contribution in [1.82, 2.24) is 0 Å². The molecule has 2 aromatic rings. The van der Waals surface area contributed by atoms with E-state index < -0.39 is 12.2 Å². The molecule has 21 heavy (non-hydrogen) atoms. The quantitative estimate of drug-likeness (QED) is 0.757. The van der Waals surface area contributed by atoms with Gasteiger partial charge in [0.2, 0.25) is 0 Å². The Morgan fingerprint density at radius 1 is 1.00 bits per heavy atom. The average molecular weight is 290 g/mol. The molecule has 0 spiro atoms. The fourth-order valence-electron chi connectivity index (χ4n) is 1.97. The molecule has 3 N–H and O–H groups in total. The Bertz CT molecular complexity index is 567. The van der Waals surface area contributed by atoms with Gasteiger partial charge in [0.1, 0.15) is 11.9 Å². The summed E-state index contributed by atoms with van der Waals surface area (Å²) in [6.07, 6.45) is -1.87. The smallest absolute Gasteiger partial charge is 0.161 e. The van der Waals surface area contributed by atoms with Crippen LogP contribution in [0.5, 0.6) is 17.2 Å². The third-order valence-electron chi connectivity index (χ3n) is 3.11. The fraction of sp³-hybridized carbons (Fsp3) is 0.250. The second-order valence-corrected chi connectivity index (χ2v) is 4.53. The van der Waals surface area contributed by atoms with Crippen LogP contribution >= 0.6 is 0 Å². The van der Waals surface area contributed by atoms with E-state index in [9.17, 15) is 15.3 Å². The first-order valence-corrected chi connectivity index (χ1v) is 6.53. The van der Waals surface area contributed by atoms with Crippen LogP contribution in [0, 0.1) is 0 Å². The summed E-state index contributed by atoms with van der Waals surface area (Å²) in [6.45, 7) is -0.361. The van der Waals surface area contributed by atoms with Crippen molar-refractivity contribution in [2.45, 2.75) is 12.2 Å². The van der Waals surface area contributed by atoms with Crippen molar-refractivity contribution in [3.8, 4) is 17.2 Å². The van der Waals surface area contributed by atoms with E-state index in [1.54, 1.807) is 36.4 Å². The summed E-state index contributed by atoms with van der Waals surface area (Å²) in [6, 6.07) is 13.1.